The fourth-order valence-corrected chi connectivity index (χ4v) is 0.847. The van der Waals surface area contributed by atoms with E-state index in [9.17, 15) is 4.79 Å². The molecule has 0 atom stereocenters. The predicted octanol–water partition coefficient (Wildman–Crippen LogP) is 0.674. The summed E-state index contributed by atoms with van der Waals surface area (Å²) in [5.74, 6) is -0.138. The van der Waals surface area contributed by atoms with Gasteiger partial charge < -0.3 is 15.4 Å². The molecule has 0 rings (SSSR count). The quantitative estimate of drug-likeness (QED) is 0.701. The lowest BCUT2D eigenvalue weighted by Gasteiger charge is -2.13. The minimum absolute atomic E-state index is 0. The van der Waals surface area contributed by atoms with Crippen LogP contribution >= 0.6 is 24.8 Å². The van der Waals surface area contributed by atoms with Gasteiger partial charge in [-0.05, 0) is 14.0 Å². The van der Waals surface area contributed by atoms with Crippen molar-refractivity contribution in [2.24, 2.45) is 5.73 Å². The molecular formula is C8H20Cl2N2O2. The van der Waals surface area contributed by atoms with Crippen LogP contribution in [0.3, 0.4) is 0 Å². The molecular weight excluding hydrogens is 227 g/mol. The molecule has 6 heteroatoms. The molecule has 0 saturated heterocycles. The van der Waals surface area contributed by atoms with Gasteiger partial charge in [-0.1, -0.05) is 0 Å². The van der Waals surface area contributed by atoms with E-state index in [-0.39, 0.29) is 30.8 Å². The molecule has 14 heavy (non-hydrogen) atoms. The Morgan fingerprint density at radius 3 is 2.36 bits per heavy atom. The van der Waals surface area contributed by atoms with Crippen LogP contribution in [0.4, 0.5) is 0 Å². The Morgan fingerprint density at radius 1 is 1.36 bits per heavy atom. The van der Waals surface area contributed by atoms with Gasteiger partial charge in [0.15, 0.2) is 0 Å². The molecule has 0 aromatic rings. The summed E-state index contributed by atoms with van der Waals surface area (Å²) in [6.45, 7) is 4.43. The number of rotatable bonds is 6. The molecule has 0 aromatic heterocycles. The highest BCUT2D eigenvalue weighted by molar-refractivity contribution is 5.85. The second-order valence-corrected chi connectivity index (χ2v) is 2.65. The molecule has 0 bridgehead atoms. The molecule has 0 aliphatic heterocycles. The number of nitrogens with two attached hydrogens (primary N) is 1. The number of hydrogen-bond acceptors (Lipinski definition) is 4. The van der Waals surface area contributed by atoms with E-state index in [2.05, 4.69) is 0 Å². The Labute approximate surface area is 98.0 Å². The third-order valence-electron chi connectivity index (χ3n) is 1.51. The maximum atomic E-state index is 10.9. The van der Waals surface area contributed by atoms with E-state index in [1.54, 1.807) is 0 Å². The topological polar surface area (TPSA) is 55.6 Å². The van der Waals surface area contributed by atoms with E-state index < -0.39 is 0 Å². The van der Waals surface area contributed by atoms with Gasteiger partial charge in [0.2, 0.25) is 0 Å². The number of ether oxygens (including phenoxy) is 1. The van der Waals surface area contributed by atoms with Crippen molar-refractivity contribution in [2.75, 3.05) is 33.3 Å². The smallest absolute Gasteiger partial charge is 0.307 e. The number of nitrogens with zero attached hydrogens (tertiary/aromatic N) is 1. The van der Waals surface area contributed by atoms with Crippen molar-refractivity contribution in [3.63, 3.8) is 0 Å². The summed E-state index contributed by atoms with van der Waals surface area (Å²) < 4.78 is 4.77. The fraction of sp³-hybridized carbons (Fsp3) is 0.875. The van der Waals surface area contributed by atoms with Gasteiger partial charge >= 0.3 is 5.97 Å². The molecule has 0 aliphatic carbocycles. The third-order valence-corrected chi connectivity index (χ3v) is 1.51. The molecule has 0 spiro atoms. The van der Waals surface area contributed by atoms with Crippen molar-refractivity contribution < 1.29 is 9.53 Å². The lowest BCUT2D eigenvalue weighted by molar-refractivity contribution is -0.143. The van der Waals surface area contributed by atoms with Gasteiger partial charge in [0.1, 0.15) is 0 Å². The summed E-state index contributed by atoms with van der Waals surface area (Å²) in [6, 6.07) is 0. The number of carbonyl (C=O) groups is 1. The standard InChI is InChI=1S/C8H18N2O2.2ClH/c1-3-12-8(11)4-6-10(2)7-5-9;;/h3-7,9H2,1-2H3;2*1H. The van der Waals surface area contributed by atoms with E-state index in [0.29, 0.717) is 19.6 Å². The van der Waals surface area contributed by atoms with Crippen molar-refractivity contribution in [2.45, 2.75) is 13.3 Å². The predicted molar refractivity (Wildman–Crippen MR) is 62.3 cm³/mol. The van der Waals surface area contributed by atoms with Crippen LogP contribution in [0, 0.1) is 0 Å². The Kier molecular flexibility index (Phi) is 18.1. The van der Waals surface area contributed by atoms with Gasteiger partial charge in [0.05, 0.1) is 13.0 Å². The summed E-state index contributed by atoms with van der Waals surface area (Å²) in [7, 11) is 1.94. The van der Waals surface area contributed by atoms with Crippen molar-refractivity contribution in [3.05, 3.63) is 0 Å². The summed E-state index contributed by atoms with van der Waals surface area (Å²) in [4.78, 5) is 12.9. The number of esters is 1. The first-order chi connectivity index (χ1) is 5.70. The van der Waals surface area contributed by atoms with E-state index in [4.69, 9.17) is 10.5 Å². The number of halogens is 2. The largest absolute Gasteiger partial charge is 0.466 e. The lowest BCUT2D eigenvalue weighted by Crippen LogP contribution is -2.28. The molecule has 0 aromatic carbocycles. The fourth-order valence-electron chi connectivity index (χ4n) is 0.847. The Hall–Kier alpha value is -0.0300. The molecule has 0 fully saturated rings. The van der Waals surface area contributed by atoms with Gasteiger partial charge in [0, 0.05) is 19.6 Å². The van der Waals surface area contributed by atoms with Crippen molar-refractivity contribution >= 4 is 30.8 Å². The zero-order valence-electron chi connectivity index (χ0n) is 8.69. The highest BCUT2D eigenvalue weighted by Gasteiger charge is 2.03. The SMILES string of the molecule is CCOC(=O)CCN(C)CCN.Cl.Cl. The molecule has 4 nitrogen and oxygen atoms in total. The normalized spacial score (nSPS) is 8.86. The minimum Gasteiger partial charge on any atom is -0.466 e. The molecule has 0 aliphatic rings. The first kappa shape index (κ1) is 19.5. The summed E-state index contributed by atoms with van der Waals surface area (Å²) in [5.41, 5.74) is 5.34. The zero-order chi connectivity index (χ0) is 9.40. The van der Waals surface area contributed by atoms with Crippen LogP contribution in [0.1, 0.15) is 13.3 Å². The maximum Gasteiger partial charge on any atom is 0.307 e. The van der Waals surface area contributed by atoms with Crippen LogP contribution in [-0.2, 0) is 9.53 Å². The Morgan fingerprint density at radius 2 is 1.93 bits per heavy atom. The monoisotopic (exact) mass is 246 g/mol. The molecule has 0 unspecified atom stereocenters. The molecule has 0 saturated carbocycles. The van der Waals surface area contributed by atoms with Crippen LogP contribution in [0.2, 0.25) is 0 Å². The van der Waals surface area contributed by atoms with Crippen molar-refractivity contribution in [1.82, 2.24) is 4.90 Å². The van der Waals surface area contributed by atoms with E-state index in [0.717, 1.165) is 13.1 Å². The first-order valence-electron chi connectivity index (χ1n) is 4.25. The summed E-state index contributed by atoms with van der Waals surface area (Å²) in [6.07, 6.45) is 0.449. The number of hydrogen-bond donors (Lipinski definition) is 1. The second kappa shape index (κ2) is 13.0. The second-order valence-electron chi connectivity index (χ2n) is 2.65. The van der Waals surface area contributed by atoms with Crippen LogP contribution in [0.25, 0.3) is 0 Å². The third kappa shape index (κ3) is 12.0. The van der Waals surface area contributed by atoms with Crippen molar-refractivity contribution in [3.8, 4) is 0 Å². The highest BCUT2D eigenvalue weighted by Crippen LogP contribution is 1.89. The van der Waals surface area contributed by atoms with Crippen LogP contribution < -0.4 is 5.73 Å². The average Bonchev–Trinajstić information content (AvgIpc) is 2.02. The van der Waals surface area contributed by atoms with Crippen LogP contribution in [0.5, 0.6) is 0 Å². The van der Waals surface area contributed by atoms with E-state index >= 15 is 0 Å². The van der Waals surface area contributed by atoms with Gasteiger partial charge in [-0.2, -0.15) is 0 Å². The maximum absolute atomic E-state index is 10.9. The van der Waals surface area contributed by atoms with E-state index in [1.165, 1.54) is 0 Å². The van der Waals surface area contributed by atoms with Gasteiger partial charge in [0.25, 0.3) is 0 Å². The molecule has 2 N–H and O–H groups in total. The van der Waals surface area contributed by atoms with Crippen molar-refractivity contribution in [1.29, 1.82) is 0 Å². The molecule has 88 valence electrons. The molecule has 0 radical (unpaired) electrons. The van der Waals surface area contributed by atoms with Crippen LogP contribution in [-0.4, -0.2) is 44.2 Å². The Balaban J connectivity index is -0.000000605. The van der Waals surface area contributed by atoms with E-state index in [1.807, 2.05) is 18.9 Å². The van der Waals surface area contributed by atoms with Crippen LogP contribution in [0.15, 0.2) is 0 Å². The number of carbonyl (C=O) groups excluding carboxylic acids is 1. The zero-order valence-corrected chi connectivity index (χ0v) is 10.3. The summed E-state index contributed by atoms with van der Waals surface area (Å²) in [5, 5.41) is 0. The Bertz CT molecular complexity index is 137. The van der Waals surface area contributed by atoms with Gasteiger partial charge in [-0.25, -0.2) is 0 Å². The molecule has 0 heterocycles. The highest BCUT2D eigenvalue weighted by atomic mass is 35.5. The average molecular weight is 247 g/mol. The first-order valence-corrected chi connectivity index (χ1v) is 4.25. The summed E-state index contributed by atoms with van der Waals surface area (Å²) >= 11 is 0. The lowest BCUT2D eigenvalue weighted by atomic mass is 10.4. The minimum atomic E-state index is -0.138. The van der Waals surface area contributed by atoms with Gasteiger partial charge in [-0.15, -0.1) is 24.8 Å². The van der Waals surface area contributed by atoms with Gasteiger partial charge in [-0.3, -0.25) is 4.79 Å². The number of likely N-dealkylation sites (N-methyl/N-ethyl adjacent to an activating group) is 1. The molecule has 0 amide bonds.